The summed E-state index contributed by atoms with van der Waals surface area (Å²) in [5, 5.41) is 4.92. The van der Waals surface area contributed by atoms with Crippen LogP contribution in [0.3, 0.4) is 0 Å². The van der Waals surface area contributed by atoms with Crippen LogP contribution in [-0.4, -0.2) is 10.1 Å². The third-order valence-corrected chi connectivity index (χ3v) is 3.34. The fourth-order valence-corrected chi connectivity index (χ4v) is 2.03. The molecule has 124 valence electrons. The molecule has 3 rings (SSSR count). The quantitative estimate of drug-likeness (QED) is 0.588. The lowest BCUT2D eigenvalue weighted by Gasteiger charge is -2.04. The van der Waals surface area contributed by atoms with E-state index >= 15 is 0 Å². The molecule has 0 aliphatic heterocycles. The molecule has 2 heterocycles. The van der Waals surface area contributed by atoms with Crippen molar-refractivity contribution in [3.63, 3.8) is 0 Å². The number of hydrogen-bond acceptors (Lipinski definition) is 3. The smallest absolute Gasteiger partial charge is 0.167 e. The molecule has 0 saturated heterocycles. The Morgan fingerprint density at radius 3 is 2.30 bits per heavy atom. The molecule has 0 saturated carbocycles. The van der Waals surface area contributed by atoms with Gasteiger partial charge in [0.25, 0.3) is 0 Å². The summed E-state index contributed by atoms with van der Waals surface area (Å²) >= 11 is 0. The largest absolute Gasteiger partial charge is 0.356 e. The lowest BCUT2D eigenvalue weighted by Crippen LogP contribution is -1.95. The summed E-state index contributed by atoms with van der Waals surface area (Å²) in [6.45, 7) is 12.4. The van der Waals surface area contributed by atoms with Gasteiger partial charge in [0.15, 0.2) is 5.58 Å². The van der Waals surface area contributed by atoms with E-state index in [-0.39, 0.29) is 0 Å². The van der Waals surface area contributed by atoms with Crippen LogP contribution < -0.4 is 0 Å². The first-order valence-corrected chi connectivity index (χ1v) is 8.38. The number of rotatable bonds is 2. The number of aryl methyl sites for hydroxylation is 2. The molecule has 3 heteroatoms. The Bertz CT molecular complexity index is 701. The minimum absolute atomic E-state index is 0.543. The van der Waals surface area contributed by atoms with Crippen LogP contribution >= 0.6 is 0 Å². The maximum Gasteiger partial charge on any atom is 0.167 e. The van der Waals surface area contributed by atoms with E-state index in [1.165, 1.54) is 11.4 Å². The molecule has 0 aliphatic carbocycles. The molecule has 0 radical (unpaired) electrons. The van der Waals surface area contributed by atoms with Gasteiger partial charge in [-0.15, -0.1) is 0 Å². The fraction of sp³-hybridized carbons (Fsp3) is 0.400. The van der Waals surface area contributed by atoms with E-state index in [0.717, 1.165) is 23.1 Å². The summed E-state index contributed by atoms with van der Waals surface area (Å²) < 4.78 is 5.00. The van der Waals surface area contributed by atoms with Crippen LogP contribution in [0.1, 0.15) is 57.6 Å². The SMILES string of the molecule is CC.CCc1cccc(C(C)C)n1.Cc1noc2ccccc12. The predicted octanol–water partition coefficient (Wildman–Crippen LogP) is 5.93. The zero-order chi connectivity index (χ0) is 17.2. The van der Waals surface area contributed by atoms with Gasteiger partial charge in [-0.1, -0.05) is 58.0 Å². The fourth-order valence-electron chi connectivity index (χ4n) is 2.03. The van der Waals surface area contributed by atoms with Crippen molar-refractivity contribution in [1.29, 1.82) is 0 Å². The van der Waals surface area contributed by atoms with Crippen LogP contribution in [0, 0.1) is 6.92 Å². The van der Waals surface area contributed by atoms with Crippen molar-refractivity contribution in [3.05, 3.63) is 59.5 Å². The van der Waals surface area contributed by atoms with Crippen LogP contribution in [-0.2, 0) is 6.42 Å². The molecule has 0 bridgehead atoms. The maximum absolute atomic E-state index is 5.00. The molecule has 1 aromatic carbocycles. The Morgan fingerprint density at radius 2 is 1.70 bits per heavy atom. The zero-order valence-electron chi connectivity index (χ0n) is 15.1. The Balaban J connectivity index is 0.000000208. The lowest BCUT2D eigenvalue weighted by atomic mass is 10.1. The molecule has 0 atom stereocenters. The summed E-state index contributed by atoms with van der Waals surface area (Å²) in [5.41, 5.74) is 4.20. The zero-order valence-corrected chi connectivity index (χ0v) is 15.1. The number of hydrogen-bond donors (Lipinski definition) is 0. The molecule has 23 heavy (non-hydrogen) atoms. The molecule has 2 aromatic heterocycles. The second-order valence-electron chi connectivity index (χ2n) is 5.33. The van der Waals surface area contributed by atoms with Crippen molar-refractivity contribution < 1.29 is 4.52 Å². The van der Waals surface area contributed by atoms with E-state index in [2.05, 4.69) is 49.1 Å². The topological polar surface area (TPSA) is 38.9 Å². The summed E-state index contributed by atoms with van der Waals surface area (Å²) in [5.74, 6) is 0.543. The summed E-state index contributed by atoms with van der Waals surface area (Å²) in [4.78, 5) is 4.49. The van der Waals surface area contributed by atoms with Crippen molar-refractivity contribution in [2.45, 2.75) is 53.9 Å². The van der Waals surface area contributed by atoms with Crippen LogP contribution in [0.4, 0.5) is 0 Å². The molecule has 0 unspecified atom stereocenters. The molecule has 3 nitrogen and oxygen atoms in total. The standard InChI is InChI=1S/C10H15N.C8H7NO.C2H6/c1-4-9-6-5-7-10(11-9)8(2)3;1-6-7-4-2-3-5-8(7)10-9-6;1-2/h5-8H,4H2,1-3H3;2-5H,1H3;1-2H3. The minimum atomic E-state index is 0.543. The highest BCUT2D eigenvalue weighted by Gasteiger charge is 2.00. The number of para-hydroxylation sites is 1. The average Bonchev–Trinajstić information content (AvgIpc) is 2.99. The van der Waals surface area contributed by atoms with Gasteiger partial charge in [0.05, 0.1) is 5.69 Å². The van der Waals surface area contributed by atoms with Crippen LogP contribution in [0.5, 0.6) is 0 Å². The second-order valence-corrected chi connectivity index (χ2v) is 5.33. The summed E-state index contributed by atoms with van der Waals surface area (Å²) in [6, 6.07) is 14.1. The van der Waals surface area contributed by atoms with E-state index in [1.54, 1.807) is 0 Å². The molecular weight excluding hydrogens is 284 g/mol. The Morgan fingerprint density at radius 1 is 1.00 bits per heavy atom. The van der Waals surface area contributed by atoms with Gasteiger partial charge in [-0.25, -0.2) is 0 Å². The second kappa shape index (κ2) is 9.78. The van der Waals surface area contributed by atoms with E-state index < -0.39 is 0 Å². The van der Waals surface area contributed by atoms with Crippen LogP contribution in [0.25, 0.3) is 11.0 Å². The lowest BCUT2D eigenvalue weighted by molar-refractivity contribution is 0.450. The van der Waals surface area contributed by atoms with Gasteiger partial charge in [-0.05, 0) is 43.5 Å². The molecular formula is C20H28N2O. The first-order valence-electron chi connectivity index (χ1n) is 8.38. The number of fused-ring (bicyclic) bond motifs is 1. The monoisotopic (exact) mass is 312 g/mol. The first-order chi connectivity index (χ1) is 11.1. The number of aromatic nitrogens is 2. The van der Waals surface area contributed by atoms with Gasteiger partial charge in [0.2, 0.25) is 0 Å². The van der Waals surface area contributed by atoms with Gasteiger partial charge in [0, 0.05) is 16.8 Å². The van der Waals surface area contributed by atoms with Crippen molar-refractivity contribution in [3.8, 4) is 0 Å². The predicted molar refractivity (Wildman–Crippen MR) is 97.8 cm³/mol. The average molecular weight is 312 g/mol. The van der Waals surface area contributed by atoms with Gasteiger partial charge in [-0.2, -0.15) is 0 Å². The van der Waals surface area contributed by atoms with Crippen molar-refractivity contribution in [1.82, 2.24) is 10.1 Å². The minimum Gasteiger partial charge on any atom is -0.356 e. The van der Waals surface area contributed by atoms with Gasteiger partial charge in [0.1, 0.15) is 0 Å². The van der Waals surface area contributed by atoms with E-state index in [4.69, 9.17) is 4.52 Å². The molecule has 0 spiro atoms. The first kappa shape index (κ1) is 18.9. The number of pyridine rings is 1. The Hall–Kier alpha value is -2.16. The summed E-state index contributed by atoms with van der Waals surface area (Å²) in [7, 11) is 0. The maximum atomic E-state index is 5.00. The molecule has 0 amide bonds. The van der Waals surface area contributed by atoms with Crippen molar-refractivity contribution in [2.24, 2.45) is 0 Å². The van der Waals surface area contributed by atoms with Crippen LogP contribution in [0.15, 0.2) is 47.0 Å². The Kier molecular flexibility index (Phi) is 8.03. The highest BCUT2D eigenvalue weighted by Crippen LogP contribution is 2.15. The number of benzene rings is 1. The van der Waals surface area contributed by atoms with E-state index in [0.29, 0.717) is 5.92 Å². The van der Waals surface area contributed by atoms with Gasteiger partial charge in [-0.3, -0.25) is 4.98 Å². The van der Waals surface area contributed by atoms with Gasteiger partial charge >= 0.3 is 0 Å². The molecule has 0 aliphatic rings. The summed E-state index contributed by atoms with van der Waals surface area (Å²) in [6.07, 6.45) is 1.03. The van der Waals surface area contributed by atoms with E-state index in [9.17, 15) is 0 Å². The highest BCUT2D eigenvalue weighted by molar-refractivity contribution is 5.78. The molecule has 0 fully saturated rings. The number of nitrogens with zero attached hydrogens (tertiary/aromatic N) is 2. The molecule has 0 N–H and O–H groups in total. The third kappa shape index (κ3) is 5.51. The van der Waals surface area contributed by atoms with Crippen molar-refractivity contribution in [2.75, 3.05) is 0 Å². The van der Waals surface area contributed by atoms with Crippen LogP contribution in [0.2, 0.25) is 0 Å². The normalized spacial score (nSPS) is 9.87. The highest BCUT2D eigenvalue weighted by atomic mass is 16.5. The third-order valence-electron chi connectivity index (χ3n) is 3.34. The Labute approximate surface area is 139 Å². The molecule has 3 aromatic rings. The van der Waals surface area contributed by atoms with E-state index in [1.807, 2.05) is 45.0 Å². The van der Waals surface area contributed by atoms with Gasteiger partial charge < -0.3 is 4.52 Å². The van der Waals surface area contributed by atoms with Crippen molar-refractivity contribution >= 4 is 11.0 Å².